The van der Waals surface area contributed by atoms with Crippen LogP contribution < -0.4 is 0 Å². The van der Waals surface area contributed by atoms with Crippen LogP contribution in [0.4, 0.5) is 0 Å². The highest BCUT2D eigenvalue weighted by Gasteiger charge is 2.27. The molecule has 1 aliphatic rings. The molecule has 0 unspecified atom stereocenters. The monoisotopic (exact) mass is 321 g/mol. The number of benzene rings is 2. The smallest absolute Gasteiger partial charge is 0.0247 e. The summed E-state index contributed by atoms with van der Waals surface area (Å²) in [5, 5.41) is 0. The minimum Gasteiger partial charge on any atom is -0.291 e. The molecule has 0 aliphatic carbocycles. The fraction of sp³-hybridized carbons (Fsp3) is 0.478. The second-order valence-corrected chi connectivity index (χ2v) is 6.92. The summed E-state index contributed by atoms with van der Waals surface area (Å²) in [6.07, 6.45) is 4.68. The highest BCUT2D eigenvalue weighted by molar-refractivity contribution is 5.54. The van der Waals surface area contributed by atoms with Crippen molar-refractivity contribution in [2.24, 2.45) is 0 Å². The molecule has 1 aliphatic heterocycles. The molecule has 0 spiro atoms. The second-order valence-electron chi connectivity index (χ2n) is 6.92. The van der Waals surface area contributed by atoms with Crippen LogP contribution in [-0.4, -0.2) is 4.90 Å². The lowest BCUT2D eigenvalue weighted by atomic mass is 9.84. The Bertz CT molecular complexity index is 659. The molecule has 0 aromatic heterocycles. The van der Waals surface area contributed by atoms with Crippen molar-refractivity contribution in [1.82, 2.24) is 4.90 Å². The van der Waals surface area contributed by atoms with E-state index in [0.717, 1.165) is 19.6 Å². The van der Waals surface area contributed by atoms with Crippen LogP contribution in [0.2, 0.25) is 0 Å². The van der Waals surface area contributed by atoms with Crippen molar-refractivity contribution in [3.05, 3.63) is 69.3 Å². The van der Waals surface area contributed by atoms with E-state index in [9.17, 15) is 0 Å². The van der Waals surface area contributed by atoms with Gasteiger partial charge in [0.2, 0.25) is 0 Å². The maximum atomic E-state index is 2.62. The van der Waals surface area contributed by atoms with Gasteiger partial charge in [0.25, 0.3) is 0 Å². The lowest BCUT2D eigenvalue weighted by Crippen LogP contribution is -2.15. The average molecular weight is 322 g/mol. The summed E-state index contributed by atoms with van der Waals surface area (Å²) < 4.78 is 0. The summed E-state index contributed by atoms with van der Waals surface area (Å²) in [6, 6.07) is 10.9. The number of fused-ring (bicyclic) bond motifs is 1. The first-order valence-corrected chi connectivity index (χ1v) is 9.66. The van der Waals surface area contributed by atoms with Gasteiger partial charge in [0.1, 0.15) is 0 Å². The Kier molecular flexibility index (Phi) is 5.40. The van der Waals surface area contributed by atoms with Gasteiger partial charge in [-0.2, -0.15) is 0 Å². The zero-order valence-corrected chi connectivity index (χ0v) is 15.8. The third kappa shape index (κ3) is 3.02. The Hall–Kier alpha value is -1.60. The van der Waals surface area contributed by atoms with Gasteiger partial charge in [-0.25, -0.2) is 0 Å². The van der Waals surface area contributed by atoms with E-state index in [1.807, 2.05) is 0 Å². The Labute approximate surface area is 147 Å². The molecule has 24 heavy (non-hydrogen) atoms. The quantitative estimate of drug-likeness (QED) is 0.683. The Balaban J connectivity index is 2.00. The van der Waals surface area contributed by atoms with Crippen LogP contribution in [0, 0.1) is 0 Å². The third-order valence-corrected chi connectivity index (χ3v) is 5.61. The molecule has 0 saturated heterocycles. The molecule has 0 radical (unpaired) electrons. The maximum Gasteiger partial charge on any atom is 0.0247 e. The van der Waals surface area contributed by atoms with Crippen molar-refractivity contribution in [1.29, 1.82) is 0 Å². The van der Waals surface area contributed by atoms with Crippen LogP contribution in [0.25, 0.3) is 0 Å². The minimum atomic E-state index is 1.06. The molecule has 2 aromatic rings. The molecule has 1 heteroatoms. The summed E-state index contributed by atoms with van der Waals surface area (Å²) in [6.45, 7) is 12.6. The summed E-state index contributed by atoms with van der Waals surface area (Å²) in [5.74, 6) is 0. The molecule has 1 heterocycles. The van der Waals surface area contributed by atoms with Crippen molar-refractivity contribution in [2.75, 3.05) is 0 Å². The predicted molar refractivity (Wildman–Crippen MR) is 103 cm³/mol. The Morgan fingerprint density at radius 3 is 1.54 bits per heavy atom. The fourth-order valence-corrected chi connectivity index (χ4v) is 4.64. The normalized spacial score (nSPS) is 14.2. The lowest BCUT2D eigenvalue weighted by Gasteiger charge is -2.21. The third-order valence-electron chi connectivity index (χ3n) is 5.61. The molecule has 0 N–H and O–H groups in total. The highest BCUT2D eigenvalue weighted by Crippen LogP contribution is 2.36. The number of hydrogen-bond donors (Lipinski definition) is 0. The van der Waals surface area contributed by atoms with Crippen molar-refractivity contribution >= 4 is 0 Å². The summed E-state index contributed by atoms with van der Waals surface area (Å²) in [7, 11) is 0. The van der Waals surface area contributed by atoms with E-state index < -0.39 is 0 Å². The molecule has 0 bridgehead atoms. The molecular formula is C23H31N. The fourth-order valence-electron chi connectivity index (χ4n) is 4.64. The van der Waals surface area contributed by atoms with E-state index in [1.165, 1.54) is 31.2 Å². The standard InChI is InChI=1S/C23H31N/c1-5-18-19(6-2)21(8-4)23-16-24(15-22(23)20(18)7-3)14-17-12-10-9-11-13-17/h9-13H,5-8,14-16H2,1-4H3. The molecule has 0 amide bonds. The van der Waals surface area contributed by atoms with E-state index in [1.54, 1.807) is 33.4 Å². The SMILES string of the molecule is CCc1c(CC)c(CC)c2c(c1CC)CN(Cc1ccccc1)C2. The first-order chi connectivity index (χ1) is 11.7. The van der Waals surface area contributed by atoms with Gasteiger partial charge in [-0.1, -0.05) is 58.0 Å². The first-order valence-electron chi connectivity index (χ1n) is 9.66. The van der Waals surface area contributed by atoms with E-state index in [-0.39, 0.29) is 0 Å². The van der Waals surface area contributed by atoms with Crippen molar-refractivity contribution in [3.63, 3.8) is 0 Å². The van der Waals surface area contributed by atoms with Gasteiger partial charge in [-0.05, 0) is 64.6 Å². The van der Waals surface area contributed by atoms with Gasteiger partial charge >= 0.3 is 0 Å². The average Bonchev–Trinajstić information content (AvgIpc) is 3.03. The summed E-state index contributed by atoms with van der Waals surface area (Å²) >= 11 is 0. The molecule has 0 saturated carbocycles. The Morgan fingerprint density at radius 1 is 0.667 bits per heavy atom. The topological polar surface area (TPSA) is 3.24 Å². The molecule has 0 atom stereocenters. The van der Waals surface area contributed by atoms with E-state index >= 15 is 0 Å². The van der Waals surface area contributed by atoms with Gasteiger partial charge in [0, 0.05) is 19.6 Å². The molecule has 0 fully saturated rings. The summed E-state index contributed by atoms with van der Waals surface area (Å²) in [5.41, 5.74) is 11.3. The van der Waals surface area contributed by atoms with Gasteiger partial charge in [0.15, 0.2) is 0 Å². The van der Waals surface area contributed by atoms with Gasteiger partial charge in [-0.3, -0.25) is 4.90 Å². The first kappa shape index (κ1) is 17.2. The van der Waals surface area contributed by atoms with Crippen LogP contribution in [0.1, 0.15) is 66.6 Å². The number of hydrogen-bond acceptors (Lipinski definition) is 1. The zero-order chi connectivity index (χ0) is 17.1. The molecular weight excluding hydrogens is 290 g/mol. The predicted octanol–water partition coefficient (Wildman–Crippen LogP) is 5.45. The molecule has 3 rings (SSSR count). The highest BCUT2D eigenvalue weighted by atomic mass is 15.1. The lowest BCUT2D eigenvalue weighted by molar-refractivity contribution is 0.275. The zero-order valence-electron chi connectivity index (χ0n) is 15.8. The van der Waals surface area contributed by atoms with Crippen LogP contribution in [0.5, 0.6) is 0 Å². The van der Waals surface area contributed by atoms with E-state index in [0.29, 0.717) is 0 Å². The van der Waals surface area contributed by atoms with Gasteiger partial charge in [0.05, 0.1) is 0 Å². The van der Waals surface area contributed by atoms with Crippen LogP contribution >= 0.6 is 0 Å². The van der Waals surface area contributed by atoms with Crippen LogP contribution in [-0.2, 0) is 45.3 Å². The molecule has 128 valence electrons. The van der Waals surface area contributed by atoms with E-state index in [2.05, 4.69) is 62.9 Å². The van der Waals surface area contributed by atoms with Crippen LogP contribution in [0.3, 0.4) is 0 Å². The maximum absolute atomic E-state index is 2.62. The van der Waals surface area contributed by atoms with Crippen molar-refractivity contribution in [3.8, 4) is 0 Å². The summed E-state index contributed by atoms with van der Waals surface area (Å²) in [4.78, 5) is 2.62. The molecule has 1 nitrogen and oxygen atoms in total. The largest absolute Gasteiger partial charge is 0.291 e. The van der Waals surface area contributed by atoms with Crippen molar-refractivity contribution in [2.45, 2.75) is 73.0 Å². The number of nitrogens with zero attached hydrogens (tertiary/aromatic N) is 1. The van der Waals surface area contributed by atoms with E-state index in [4.69, 9.17) is 0 Å². The second kappa shape index (κ2) is 7.53. The van der Waals surface area contributed by atoms with Crippen molar-refractivity contribution < 1.29 is 0 Å². The Morgan fingerprint density at radius 2 is 1.12 bits per heavy atom. The van der Waals surface area contributed by atoms with Gasteiger partial charge in [-0.15, -0.1) is 0 Å². The van der Waals surface area contributed by atoms with Gasteiger partial charge < -0.3 is 0 Å². The number of rotatable bonds is 6. The molecule has 2 aromatic carbocycles. The van der Waals surface area contributed by atoms with Crippen LogP contribution in [0.15, 0.2) is 30.3 Å². The minimum absolute atomic E-state index is 1.06.